The molecule has 2 rings (SSSR count). The van der Waals surface area contributed by atoms with E-state index >= 15 is 0 Å². The molecule has 1 aromatic heterocycles. The molecule has 1 aliphatic carbocycles. The lowest BCUT2D eigenvalue weighted by molar-refractivity contribution is 0.690. The van der Waals surface area contributed by atoms with Gasteiger partial charge in [0.2, 0.25) is 0 Å². The van der Waals surface area contributed by atoms with Crippen LogP contribution in [0.2, 0.25) is 0 Å². The Morgan fingerprint density at radius 3 is 2.71 bits per heavy atom. The van der Waals surface area contributed by atoms with Crippen molar-refractivity contribution in [2.24, 2.45) is 5.73 Å². The van der Waals surface area contributed by atoms with Crippen molar-refractivity contribution in [3.8, 4) is 0 Å². The summed E-state index contributed by atoms with van der Waals surface area (Å²) >= 11 is 1.94. The predicted molar refractivity (Wildman–Crippen MR) is 64.6 cm³/mol. The number of nitrogens with two attached hydrogens (primary N) is 1. The first-order valence-corrected chi connectivity index (χ1v) is 5.58. The van der Waals surface area contributed by atoms with Crippen molar-refractivity contribution in [2.45, 2.75) is 32.1 Å². The van der Waals surface area contributed by atoms with Crippen molar-refractivity contribution in [1.82, 2.24) is 0 Å². The Morgan fingerprint density at radius 1 is 1.29 bits per heavy atom. The number of rotatable bonds is 2. The van der Waals surface area contributed by atoms with E-state index in [1.54, 1.807) is 10.4 Å². The summed E-state index contributed by atoms with van der Waals surface area (Å²) in [4.78, 5) is 1.63. The summed E-state index contributed by atoms with van der Waals surface area (Å²) in [5.41, 5.74) is 8.72. The van der Waals surface area contributed by atoms with E-state index in [4.69, 9.17) is 5.73 Å². The molecule has 0 unspecified atom stereocenters. The van der Waals surface area contributed by atoms with Crippen molar-refractivity contribution in [3.05, 3.63) is 21.4 Å². The zero-order valence-electron chi connectivity index (χ0n) is 8.21. The molecular weight excluding hydrogens is 218 g/mol. The van der Waals surface area contributed by atoms with Crippen LogP contribution in [0.25, 0.3) is 0 Å². The zero-order chi connectivity index (χ0) is 8.39. The number of hydrogen-bond acceptors (Lipinski definition) is 2. The normalized spacial score (nSPS) is 13.8. The van der Waals surface area contributed by atoms with Crippen LogP contribution >= 0.6 is 23.7 Å². The SMILES string of the molecule is Cl.NCCc1csc2c1CCCC2.O. The third kappa shape index (κ3) is 2.70. The maximum Gasteiger partial charge on any atom is 0.00800 e. The van der Waals surface area contributed by atoms with Gasteiger partial charge in [-0.2, -0.15) is 0 Å². The minimum Gasteiger partial charge on any atom is -0.412 e. The van der Waals surface area contributed by atoms with Gasteiger partial charge in [-0.05, 0) is 55.2 Å². The second-order valence-electron chi connectivity index (χ2n) is 3.41. The van der Waals surface area contributed by atoms with Crippen LogP contribution in [-0.4, -0.2) is 12.0 Å². The van der Waals surface area contributed by atoms with Gasteiger partial charge in [0.05, 0.1) is 0 Å². The summed E-state index contributed by atoms with van der Waals surface area (Å²) in [5.74, 6) is 0. The Balaban J connectivity index is 0.000000845. The van der Waals surface area contributed by atoms with E-state index in [9.17, 15) is 0 Å². The van der Waals surface area contributed by atoms with Crippen LogP contribution < -0.4 is 5.73 Å². The van der Waals surface area contributed by atoms with Crippen LogP contribution in [0.5, 0.6) is 0 Å². The molecule has 0 saturated heterocycles. The van der Waals surface area contributed by atoms with Crippen LogP contribution in [0.4, 0.5) is 0 Å². The second-order valence-corrected chi connectivity index (χ2v) is 4.37. The Hall–Kier alpha value is -0.0900. The molecule has 0 spiro atoms. The van der Waals surface area contributed by atoms with Crippen LogP contribution in [-0.2, 0) is 19.3 Å². The van der Waals surface area contributed by atoms with Crippen LogP contribution in [0, 0.1) is 0 Å². The van der Waals surface area contributed by atoms with Gasteiger partial charge in [0.1, 0.15) is 0 Å². The maximum atomic E-state index is 5.56. The van der Waals surface area contributed by atoms with Gasteiger partial charge in [0.15, 0.2) is 0 Å². The molecule has 0 fully saturated rings. The lowest BCUT2D eigenvalue weighted by Gasteiger charge is -2.12. The standard InChI is InChI=1S/C10H15NS.ClH.H2O/c11-6-5-8-7-12-10-4-2-1-3-9(8)10;;/h7H,1-6,11H2;1H;1H2. The van der Waals surface area contributed by atoms with Crippen molar-refractivity contribution in [3.63, 3.8) is 0 Å². The first-order chi connectivity index (χ1) is 5.92. The van der Waals surface area contributed by atoms with Crippen molar-refractivity contribution in [1.29, 1.82) is 0 Å². The number of halogens is 1. The molecule has 82 valence electrons. The predicted octanol–water partition coefficient (Wildman–Crippen LogP) is 1.73. The van der Waals surface area contributed by atoms with E-state index in [0.717, 1.165) is 13.0 Å². The van der Waals surface area contributed by atoms with Gasteiger partial charge in [0, 0.05) is 4.88 Å². The molecule has 0 saturated carbocycles. The third-order valence-corrected chi connectivity index (χ3v) is 3.70. The minimum absolute atomic E-state index is 0. The average molecular weight is 236 g/mol. The fourth-order valence-corrected chi connectivity index (χ4v) is 3.11. The molecule has 0 aromatic carbocycles. The highest BCUT2D eigenvalue weighted by Gasteiger charge is 2.14. The molecule has 0 bridgehead atoms. The first kappa shape index (κ1) is 13.9. The fourth-order valence-electron chi connectivity index (χ4n) is 1.93. The number of thiophene rings is 1. The van der Waals surface area contributed by atoms with Crippen LogP contribution in [0.3, 0.4) is 0 Å². The molecule has 4 N–H and O–H groups in total. The molecule has 1 heterocycles. The monoisotopic (exact) mass is 235 g/mol. The first-order valence-electron chi connectivity index (χ1n) is 4.70. The van der Waals surface area contributed by atoms with E-state index in [2.05, 4.69) is 5.38 Å². The van der Waals surface area contributed by atoms with E-state index in [-0.39, 0.29) is 17.9 Å². The molecular formula is C10H18ClNOS. The summed E-state index contributed by atoms with van der Waals surface area (Å²) in [6.45, 7) is 0.795. The summed E-state index contributed by atoms with van der Waals surface area (Å²) in [6.07, 6.45) is 6.45. The fraction of sp³-hybridized carbons (Fsp3) is 0.600. The van der Waals surface area contributed by atoms with Gasteiger partial charge in [-0.3, -0.25) is 0 Å². The lowest BCUT2D eigenvalue weighted by atomic mass is 9.95. The molecule has 0 radical (unpaired) electrons. The molecule has 0 aliphatic heterocycles. The Labute approximate surface area is 95.2 Å². The lowest BCUT2D eigenvalue weighted by Crippen LogP contribution is -2.06. The molecule has 1 aromatic rings. The number of aryl methyl sites for hydroxylation is 1. The summed E-state index contributed by atoms with van der Waals surface area (Å²) < 4.78 is 0. The smallest absolute Gasteiger partial charge is 0.00800 e. The Kier molecular flexibility index (Phi) is 6.36. The minimum atomic E-state index is 0. The Bertz CT molecular complexity index is 275. The second kappa shape index (κ2) is 6.40. The molecule has 0 amide bonds. The maximum absolute atomic E-state index is 5.56. The molecule has 2 nitrogen and oxygen atoms in total. The summed E-state index contributed by atoms with van der Waals surface area (Å²) in [6, 6.07) is 0. The highest BCUT2D eigenvalue weighted by atomic mass is 35.5. The summed E-state index contributed by atoms with van der Waals surface area (Å²) in [5, 5.41) is 2.31. The largest absolute Gasteiger partial charge is 0.412 e. The molecule has 4 heteroatoms. The van der Waals surface area contributed by atoms with Gasteiger partial charge in [0.25, 0.3) is 0 Å². The average Bonchev–Trinajstić information content (AvgIpc) is 2.50. The van der Waals surface area contributed by atoms with E-state index in [0.29, 0.717) is 0 Å². The van der Waals surface area contributed by atoms with E-state index in [1.165, 1.54) is 31.2 Å². The quantitative estimate of drug-likeness (QED) is 0.834. The number of hydrogen-bond donors (Lipinski definition) is 1. The van der Waals surface area contributed by atoms with Crippen molar-refractivity contribution >= 4 is 23.7 Å². The molecule has 0 atom stereocenters. The molecule has 14 heavy (non-hydrogen) atoms. The summed E-state index contributed by atoms with van der Waals surface area (Å²) in [7, 11) is 0. The molecule has 1 aliphatic rings. The van der Waals surface area contributed by atoms with Crippen molar-refractivity contribution < 1.29 is 5.48 Å². The third-order valence-electron chi connectivity index (χ3n) is 2.56. The van der Waals surface area contributed by atoms with Gasteiger partial charge < -0.3 is 11.2 Å². The van der Waals surface area contributed by atoms with Gasteiger partial charge in [-0.1, -0.05) is 0 Å². The zero-order valence-corrected chi connectivity index (χ0v) is 9.85. The van der Waals surface area contributed by atoms with E-state index in [1.807, 2.05) is 11.3 Å². The topological polar surface area (TPSA) is 57.5 Å². The van der Waals surface area contributed by atoms with Gasteiger partial charge in [-0.25, -0.2) is 0 Å². The Morgan fingerprint density at radius 2 is 2.00 bits per heavy atom. The highest BCUT2D eigenvalue weighted by Crippen LogP contribution is 2.30. The van der Waals surface area contributed by atoms with Crippen LogP contribution in [0.15, 0.2) is 5.38 Å². The number of fused-ring (bicyclic) bond motifs is 1. The van der Waals surface area contributed by atoms with Gasteiger partial charge >= 0.3 is 0 Å². The van der Waals surface area contributed by atoms with Crippen molar-refractivity contribution in [2.75, 3.05) is 6.54 Å². The van der Waals surface area contributed by atoms with Crippen LogP contribution in [0.1, 0.15) is 28.8 Å². The highest BCUT2D eigenvalue weighted by molar-refractivity contribution is 7.10. The van der Waals surface area contributed by atoms with E-state index < -0.39 is 0 Å². The van der Waals surface area contributed by atoms with Gasteiger partial charge in [-0.15, -0.1) is 23.7 Å².